The molecule has 0 aliphatic rings. The van der Waals surface area contributed by atoms with Crippen LogP contribution in [0.1, 0.15) is 41.5 Å². The molecule has 0 aliphatic carbocycles. The minimum atomic E-state index is -0.974. The van der Waals surface area contributed by atoms with Gasteiger partial charge in [-0.25, -0.2) is 0 Å². The summed E-state index contributed by atoms with van der Waals surface area (Å²) in [4.78, 5) is 0. The average Bonchev–Trinajstić information content (AvgIpc) is 3.20. The van der Waals surface area contributed by atoms with Gasteiger partial charge in [0.05, 0.1) is 31.8 Å². The number of hydrogen-bond donors (Lipinski definition) is 0. The third kappa shape index (κ3) is 21.7. The van der Waals surface area contributed by atoms with Crippen molar-refractivity contribution in [3.63, 3.8) is 0 Å². The van der Waals surface area contributed by atoms with Crippen LogP contribution < -0.4 is 31.8 Å². The summed E-state index contributed by atoms with van der Waals surface area (Å²) in [5.74, 6) is 0. The monoisotopic (exact) mass is 918 g/mol. The number of hydrogen-bond acceptors (Lipinski definition) is 0. The molecule has 6 rings (SSSR count). The van der Waals surface area contributed by atoms with Crippen molar-refractivity contribution in [2.24, 2.45) is 0 Å². The smallest absolute Gasteiger partial charge is 0.481 e. The van der Waals surface area contributed by atoms with Crippen molar-refractivity contribution in [3.05, 3.63) is 197 Å². The largest absolute Gasteiger partial charge is 2.00 e. The Labute approximate surface area is 372 Å². The van der Waals surface area contributed by atoms with E-state index < -0.39 is 24.2 Å². The van der Waals surface area contributed by atoms with E-state index in [1.807, 2.05) is 0 Å². The molecule has 0 saturated carbocycles. The molecule has 0 atom stereocenters. The summed E-state index contributed by atoms with van der Waals surface area (Å²) < 4.78 is 0. The van der Waals surface area contributed by atoms with Crippen LogP contribution in [0.4, 0.5) is 0 Å². The van der Waals surface area contributed by atoms with Crippen molar-refractivity contribution in [2.45, 2.75) is 59.7 Å². The second-order valence-corrected chi connectivity index (χ2v) is 23.7. The van der Waals surface area contributed by atoms with Gasteiger partial charge in [0.25, 0.3) is 0 Å². The van der Waals surface area contributed by atoms with Crippen LogP contribution in [0.3, 0.4) is 0 Å². The van der Waals surface area contributed by atoms with Crippen molar-refractivity contribution < 1.29 is 34.1 Å². The van der Waals surface area contributed by atoms with Gasteiger partial charge in [-0.2, -0.15) is 0 Å². The molecule has 0 N–H and O–H groups in total. The van der Waals surface area contributed by atoms with Gasteiger partial charge in [0, 0.05) is 37.1 Å². The standard InChI is InChI=1S/3C15H18NP.C3H9P.2Fe/c3*1-13(2)16-17(14-9-5-3-6-10-14)15-11-7-4-8-12-15;1-4(2)3;;/h3*3-13,17H,1-2H3;1-3H3;;/q;;;;;+2/p+1. The first kappa shape index (κ1) is 53.0. The van der Waals surface area contributed by atoms with Crippen LogP contribution in [-0.4, -0.2) is 38.1 Å². The normalized spacial score (nSPS) is 10.5. The summed E-state index contributed by atoms with van der Waals surface area (Å²) >= 11 is 0. The maximum Gasteiger partial charge on any atom is 2.00 e. The first-order valence-electron chi connectivity index (χ1n) is 19.4. The molecule has 57 heavy (non-hydrogen) atoms. The number of rotatable bonds is 12. The molecule has 0 fully saturated rings. The fraction of sp³-hybridized carbons (Fsp3) is 0.250. The van der Waals surface area contributed by atoms with Crippen molar-refractivity contribution in [3.8, 4) is 0 Å². The first-order chi connectivity index (χ1) is 26.5. The van der Waals surface area contributed by atoms with Gasteiger partial charge in [0.15, 0.2) is 0 Å². The van der Waals surface area contributed by atoms with E-state index in [-0.39, 0.29) is 42.1 Å². The van der Waals surface area contributed by atoms with E-state index in [0.717, 1.165) is 0 Å². The van der Waals surface area contributed by atoms with E-state index in [1.54, 1.807) is 0 Å². The van der Waals surface area contributed by atoms with Crippen molar-refractivity contribution in [1.29, 1.82) is 0 Å². The zero-order chi connectivity index (χ0) is 39.8. The molecule has 9 heteroatoms. The fourth-order valence-corrected chi connectivity index (χ4v) is 11.8. The molecule has 3 nitrogen and oxygen atoms in total. The molecule has 6 aromatic rings. The molecule has 0 heterocycles. The molecule has 0 aliphatic heterocycles. The van der Waals surface area contributed by atoms with Gasteiger partial charge in [-0.05, 0) is 105 Å². The van der Waals surface area contributed by atoms with Crippen LogP contribution in [0, 0.1) is 0 Å². The minimum absolute atomic E-state index is 0. The predicted molar refractivity (Wildman–Crippen MR) is 263 cm³/mol. The van der Waals surface area contributed by atoms with Crippen molar-refractivity contribution >= 4 is 64.0 Å². The van der Waals surface area contributed by atoms with E-state index >= 15 is 0 Å². The van der Waals surface area contributed by atoms with E-state index in [9.17, 15) is 0 Å². The molecule has 0 unspecified atom stereocenters. The Morgan fingerprint density at radius 2 is 0.421 bits per heavy atom. The summed E-state index contributed by atoms with van der Waals surface area (Å²) in [7, 11) is -2.80. The molecule has 0 bridgehead atoms. The topological polar surface area (TPSA) is 42.3 Å². The molecule has 6 aromatic carbocycles. The maximum absolute atomic E-state index is 4.92. The Morgan fingerprint density at radius 1 is 0.298 bits per heavy atom. The fourth-order valence-electron chi connectivity index (χ4n) is 5.30. The molecule has 0 spiro atoms. The SMILES string of the molecule is CC(C)[N-][PH+](c1ccccc1)c1ccccc1.CC(C)[N-][PH+](c1ccccc1)c1ccccc1.CC(C)[N-][PH+](c1ccccc1)c1ccccc1.C[PH+](C)C.[Fe+2].[Fe]. The van der Waals surface area contributed by atoms with Gasteiger partial charge >= 0.3 is 17.1 Å². The first-order valence-corrected chi connectivity index (χ1v) is 26.7. The van der Waals surface area contributed by atoms with Crippen molar-refractivity contribution in [2.75, 3.05) is 20.0 Å². The predicted octanol–water partition coefficient (Wildman–Crippen LogP) is 11.7. The van der Waals surface area contributed by atoms with Gasteiger partial charge in [-0.15, -0.1) is 18.1 Å². The van der Waals surface area contributed by atoms with Gasteiger partial charge in [-0.1, -0.05) is 151 Å². The molecule has 304 valence electrons. The maximum atomic E-state index is 4.92. The summed E-state index contributed by atoms with van der Waals surface area (Å²) in [6.07, 6.45) is 0. The van der Waals surface area contributed by atoms with Crippen LogP contribution in [0.25, 0.3) is 15.3 Å². The Hall–Kier alpha value is -2.04. The van der Waals surface area contributed by atoms with E-state index in [4.69, 9.17) is 15.3 Å². The molecule has 0 radical (unpaired) electrons. The van der Waals surface area contributed by atoms with Gasteiger partial charge in [-0.3, -0.25) is 0 Å². The second-order valence-electron chi connectivity index (χ2n) is 14.4. The van der Waals surface area contributed by atoms with Crippen LogP contribution in [0.15, 0.2) is 182 Å². The second kappa shape index (κ2) is 30.9. The zero-order valence-electron chi connectivity index (χ0n) is 35.1. The van der Waals surface area contributed by atoms with E-state index in [0.29, 0.717) is 18.1 Å². The van der Waals surface area contributed by atoms with Gasteiger partial charge in [0.1, 0.15) is 0 Å². The molecule has 0 saturated heterocycles. The van der Waals surface area contributed by atoms with E-state index in [1.165, 1.54) is 31.8 Å². The quantitative estimate of drug-likeness (QED) is 0.0867. The van der Waals surface area contributed by atoms with Crippen LogP contribution in [0.2, 0.25) is 0 Å². The molecular weight excluding hydrogens is 854 g/mol. The summed E-state index contributed by atoms with van der Waals surface area (Å²) in [6.45, 7) is 19.7. The number of benzene rings is 6. The van der Waals surface area contributed by atoms with Gasteiger partial charge < -0.3 is 15.3 Å². The summed E-state index contributed by atoms with van der Waals surface area (Å²) in [6, 6.07) is 64.9. The third-order valence-electron chi connectivity index (χ3n) is 7.45. The zero-order valence-corrected chi connectivity index (χ0v) is 41.3. The van der Waals surface area contributed by atoms with E-state index in [2.05, 4.69) is 244 Å². The Morgan fingerprint density at radius 3 is 0.526 bits per heavy atom. The van der Waals surface area contributed by atoms with Crippen molar-refractivity contribution in [1.82, 2.24) is 0 Å². The third-order valence-corrected chi connectivity index (χ3v) is 15.1. The van der Waals surface area contributed by atoms with Crippen LogP contribution >= 0.6 is 32.1 Å². The Kier molecular flexibility index (Phi) is 28.7. The molecular formula is C48H64Fe2N3P4+3. The summed E-state index contributed by atoms with van der Waals surface area (Å²) in [5.41, 5.74) is 0. The Balaban J connectivity index is 0.000000401. The van der Waals surface area contributed by atoms with Gasteiger partial charge in [0.2, 0.25) is 0 Å². The molecule has 0 aromatic heterocycles. The van der Waals surface area contributed by atoms with Crippen LogP contribution in [-0.2, 0) is 34.1 Å². The number of nitrogens with zero attached hydrogens (tertiary/aromatic N) is 3. The average molecular weight is 919 g/mol. The van der Waals surface area contributed by atoms with Crippen LogP contribution in [0.5, 0.6) is 0 Å². The Bertz CT molecular complexity index is 1470. The summed E-state index contributed by atoms with van der Waals surface area (Å²) in [5, 5.41) is 22.9. The minimum Gasteiger partial charge on any atom is -0.481 e. The molecule has 0 amide bonds.